The number of carbonyl (C=O) groups is 1. The number of likely N-dealkylation sites (tertiary alicyclic amines) is 1. The Morgan fingerprint density at radius 3 is 2.50 bits per heavy atom. The van der Waals surface area contributed by atoms with Gasteiger partial charge in [0, 0.05) is 23.9 Å². The van der Waals surface area contributed by atoms with Crippen LogP contribution in [0.4, 0.5) is 5.69 Å². The molecule has 3 rings (SSSR count). The fourth-order valence-corrected chi connectivity index (χ4v) is 3.26. The summed E-state index contributed by atoms with van der Waals surface area (Å²) < 4.78 is 5.67. The highest BCUT2D eigenvalue weighted by Crippen LogP contribution is 2.20. The molecule has 2 aromatic rings. The second kappa shape index (κ2) is 8.86. The number of ether oxygens (including phenoxy) is 1. The predicted octanol–water partition coefficient (Wildman–Crippen LogP) is 4.71. The van der Waals surface area contributed by atoms with Crippen LogP contribution in [0, 0.1) is 0 Å². The molecule has 4 nitrogen and oxygen atoms in total. The lowest BCUT2D eigenvalue weighted by molar-refractivity contribution is 0.102. The highest BCUT2D eigenvalue weighted by atomic mass is 16.5. The second-order valence-corrected chi connectivity index (χ2v) is 7.18. The molecule has 0 aromatic heterocycles. The van der Waals surface area contributed by atoms with Gasteiger partial charge < -0.3 is 10.1 Å². The van der Waals surface area contributed by atoms with Gasteiger partial charge in [-0.1, -0.05) is 24.6 Å². The number of hydrogen-bond acceptors (Lipinski definition) is 3. The Balaban J connectivity index is 1.59. The summed E-state index contributed by atoms with van der Waals surface area (Å²) in [6.45, 7) is 7.29. The summed E-state index contributed by atoms with van der Waals surface area (Å²) in [6.07, 6.45) is 4.03. The van der Waals surface area contributed by atoms with E-state index < -0.39 is 0 Å². The van der Waals surface area contributed by atoms with Crippen LogP contribution in [0.1, 0.15) is 49.0 Å². The molecule has 138 valence electrons. The molecule has 1 aliphatic rings. The van der Waals surface area contributed by atoms with Crippen LogP contribution < -0.4 is 10.1 Å². The van der Waals surface area contributed by atoms with Crippen LogP contribution in [0.5, 0.6) is 5.75 Å². The van der Waals surface area contributed by atoms with Crippen LogP contribution in [-0.4, -0.2) is 30.0 Å². The van der Waals surface area contributed by atoms with Crippen molar-refractivity contribution in [2.24, 2.45) is 0 Å². The maximum Gasteiger partial charge on any atom is 0.255 e. The Hall–Kier alpha value is -2.33. The molecule has 1 fully saturated rings. The first-order valence-corrected chi connectivity index (χ1v) is 9.49. The number of piperidine rings is 1. The first-order chi connectivity index (χ1) is 12.6. The summed E-state index contributed by atoms with van der Waals surface area (Å²) in [4.78, 5) is 15.0. The molecule has 0 saturated carbocycles. The minimum atomic E-state index is -0.101. The summed E-state index contributed by atoms with van der Waals surface area (Å²) >= 11 is 0. The Bertz CT molecular complexity index is 719. The quantitative estimate of drug-likeness (QED) is 0.818. The van der Waals surface area contributed by atoms with Crippen molar-refractivity contribution in [2.45, 2.75) is 45.8 Å². The monoisotopic (exact) mass is 352 g/mol. The Kier molecular flexibility index (Phi) is 6.29. The van der Waals surface area contributed by atoms with Gasteiger partial charge in [0.15, 0.2) is 0 Å². The summed E-state index contributed by atoms with van der Waals surface area (Å²) in [7, 11) is 0. The topological polar surface area (TPSA) is 41.6 Å². The van der Waals surface area contributed by atoms with Crippen LogP contribution in [-0.2, 0) is 6.54 Å². The molecule has 0 unspecified atom stereocenters. The highest BCUT2D eigenvalue weighted by molar-refractivity contribution is 6.04. The number of benzene rings is 2. The summed E-state index contributed by atoms with van der Waals surface area (Å²) in [5.41, 5.74) is 2.67. The van der Waals surface area contributed by atoms with Crippen molar-refractivity contribution in [3.8, 4) is 5.75 Å². The zero-order valence-corrected chi connectivity index (χ0v) is 15.7. The third-order valence-electron chi connectivity index (χ3n) is 4.53. The third-order valence-corrected chi connectivity index (χ3v) is 4.53. The van der Waals surface area contributed by atoms with Gasteiger partial charge in [-0.15, -0.1) is 0 Å². The number of anilines is 1. The number of nitrogens with one attached hydrogen (secondary N) is 1. The lowest BCUT2D eigenvalue weighted by Gasteiger charge is -2.26. The average Bonchev–Trinajstić information content (AvgIpc) is 2.63. The van der Waals surface area contributed by atoms with E-state index in [1.807, 2.05) is 50.2 Å². The molecular formula is C22H28N2O2. The minimum absolute atomic E-state index is 0.101. The molecule has 1 saturated heterocycles. The second-order valence-electron chi connectivity index (χ2n) is 7.18. The van der Waals surface area contributed by atoms with Gasteiger partial charge in [0.1, 0.15) is 5.75 Å². The molecule has 4 heteroatoms. The SMILES string of the molecule is CC(C)Oc1cccc(NC(=O)c2ccc(CN3CCCCC3)cc2)c1. The van der Waals surface area contributed by atoms with Crippen molar-refractivity contribution in [1.29, 1.82) is 0 Å². The molecule has 2 aromatic carbocycles. The molecule has 0 aliphatic carbocycles. The van der Waals surface area contributed by atoms with Gasteiger partial charge >= 0.3 is 0 Å². The number of hydrogen-bond donors (Lipinski definition) is 1. The smallest absolute Gasteiger partial charge is 0.255 e. The van der Waals surface area contributed by atoms with E-state index in [2.05, 4.69) is 22.3 Å². The van der Waals surface area contributed by atoms with Crippen molar-refractivity contribution in [3.63, 3.8) is 0 Å². The number of amides is 1. The molecule has 0 spiro atoms. The van der Waals surface area contributed by atoms with Gasteiger partial charge in [-0.3, -0.25) is 9.69 Å². The van der Waals surface area contributed by atoms with Crippen LogP contribution in [0.25, 0.3) is 0 Å². The molecule has 0 radical (unpaired) electrons. The number of nitrogens with zero attached hydrogens (tertiary/aromatic N) is 1. The van der Waals surface area contributed by atoms with Crippen LogP contribution in [0.2, 0.25) is 0 Å². The molecule has 0 bridgehead atoms. The van der Waals surface area contributed by atoms with Crippen molar-refractivity contribution >= 4 is 11.6 Å². The number of rotatable bonds is 6. The van der Waals surface area contributed by atoms with E-state index >= 15 is 0 Å². The Labute approximate surface area is 156 Å². The van der Waals surface area contributed by atoms with E-state index in [-0.39, 0.29) is 12.0 Å². The van der Waals surface area contributed by atoms with Gasteiger partial charge in [-0.2, -0.15) is 0 Å². The largest absolute Gasteiger partial charge is 0.491 e. The van der Waals surface area contributed by atoms with E-state index in [4.69, 9.17) is 4.74 Å². The minimum Gasteiger partial charge on any atom is -0.491 e. The Morgan fingerprint density at radius 2 is 1.81 bits per heavy atom. The summed E-state index contributed by atoms with van der Waals surface area (Å²) in [5, 5.41) is 2.94. The van der Waals surface area contributed by atoms with Gasteiger partial charge in [-0.25, -0.2) is 0 Å². The van der Waals surface area contributed by atoms with Gasteiger partial charge in [0.25, 0.3) is 5.91 Å². The average molecular weight is 352 g/mol. The molecule has 26 heavy (non-hydrogen) atoms. The normalized spacial score (nSPS) is 15.0. The fraction of sp³-hybridized carbons (Fsp3) is 0.409. The molecule has 0 atom stereocenters. The van der Waals surface area contributed by atoms with Crippen LogP contribution in [0.3, 0.4) is 0 Å². The van der Waals surface area contributed by atoms with Crippen molar-refractivity contribution < 1.29 is 9.53 Å². The van der Waals surface area contributed by atoms with Crippen LogP contribution in [0.15, 0.2) is 48.5 Å². The summed E-state index contributed by atoms with van der Waals surface area (Å²) in [5.74, 6) is 0.658. The molecular weight excluding hydrogens is 324 g/mol. The maximum absolute atomic E-state index is 12.5. The molecule has 1 N–H and O–H groups in total. The van der Waals surface area contributed by atoms with Crippen molar-refractivity contribution in [1.82, 2.24) is 4.90 Å². The van der Waals surface area contributed by atoms with Gasteiger partial charge in [-0.05, 0) is 69.6 Å². The van der Waals surface area contributed by atoms with E-state index in [1.165, 1.54) is 37.9 Å². The predicted molar refractivity (Wildman–Crippen MR) is 106 cm³/mol. The zero-order valence-electron chi connectivity index (χ0n) is 15.7. The van der Waals surface area contributed by atoms with Gasteiger partial charge in [0.05, 0.1) is 6.10 Å². The van der Waals surface area contributed by atoms with Crippen molar-refractivity contribution in [2.75, 3.05) is 18.4 Å². The molecule has 1 heterocycles. The number of carbonyl (C=O) groups excluding carboxylic acids is 1. The van der Waals surface area contributed by atoms with E-state index in [0.29, 0.717) is 5.56 Å². The Morgan fingerprint density at radius 1 is 1.08 bits per heavy atom. The molecule has 1 amide bonds. The molecule has 1 aliphatic heterocycles. The fourth-order valence-electron chi connectivity index (χ4n) is 3.26. The van der Waals surface area contributed by atoms with E-state index in [9.17, 15) is 4.79 Å². The van der Waals surface area contributed by atoms with E-state index in [0.717, 1.165) is 18.0 Å². The van der Waals surface area contributed by atoms with E-state index in [1.54, 1.807) is 0 Å². The summed E-state index contributed by atoms with van der Waals surface area (Å²) in [6, 6.07) is 15.4. The standard InChI is InChI=1S/C22H28N2O2/c1-17(2)26-21-8-6-7-20(15-21)23-22(25)19-11-9-18(10-12-19)16-24-13-4-3-5-14-24/h6-12,15,17H,3-5,13-14,16H2,1-2H3,(H,23,25). The first-order valence-electron chi connectivity index (χ1n) is 9.49. The zero-order chi connectivity index (χ0) is 18.4. The third kappa shape index (κ3) is 5.33. The van der Waals surface area contributed by atoms with Gasteiger partial charge in [0.2, 0.25) is 0 Å². The first kappa shape index (κ1) is 18.5. The lowest BCUT2D eigenvalue weighted by atomic mass is 10.1. The highest BCUT2D eigenvalue weighted by Gasteiger charge is 2.11. The van der Waals surface area contributed by atoms with Crippen LogP contribution >= 0.6 is 0 Å². The lowest BCUT2D eigenvalue weighted by Crippen LogP contribution is -2.29. The maximum atomic E-state index is 12.5. The van der Waals surface area contributed by atoms with Crippen molar-refractivity contribution in [3.05, 3.63) is 59.7 Å².